The summed E-state index contributed by atoms with van der Waals surface area (Å²) in [6, 6.07) is 8.78. The van der Waals surface area contributed by atoms with Crippen LogP contribution in [0.25, 0.3) is 0 Å². The Morgan fingerprint density at radius 3 is 2.32 bits per heavy atom. The number of ether oxygens (including phenoxy) is 1. The number of carbonyl (C=O) groups excluding carboxylic acids is 3. The van der Waals surface area contributed by atoms with Crippen LogP contribution in [0.15, 0.2) is 36.4 Å². The molecule has 0 saturated heterocycles. The molecule has 0 amide bonds. The van der Waals surface area contributed by atoms with Gasteiger partial charge in [-0.15, -0.1) is 0 Å². The number of hydrogen-bond acceptors (Lipinski definition) is 5. The number of carbonyl (C=O) groups is 3. The van der Waals surface area contributed by atoms with Crippen LogP contribution in [0.3, 0.4) is 0 Å². The van der Waals surface area contributed by atoms with Crippen molar-refractivity contribution in [2.45, 2.75) is 6.92 Å². The van der Waals surface area contributed by atoms with Gasteiger partial charge in [0.15, 0.2) is 11.6 Å². The average molecular weight is 296 g/mol. The first-order valence-corrected chi connectivity index (χ1v) is 6.77. The van der Waals surface area contributed by atoms with Crippen LogP contribution in [-0.4, -0.2) is 29.2 Å². The molecule has 0 saturated carbocycles. The van der Waals surface area contributed by atoms with Crippen molar-refractivity contribution in [2.75, 3.05) is 6.61 Å². The zero-order valence-corrected chi connectivity index (χ0v) is 11.8. The van der Waals surface area contributed by atoms with E-state index in [1.165, 1.54) is 36.4 Å². The van der Waals surface area contributed by atoms with E-state index in [9.17, 15) is 19.5 Å². The Balaban J connectivity index is 2.27. The lowest BCUT2D eigenvalue weighted by Crippen LogP contribution is -2.24. The van der Waals surface area contributed by atoms with Crippen LogP contribution in [0, 0.1) is 0 Å². The first-order valence-electron chi connectivity index (χ1n) is 6.77. The molecule has 2 aromatic rings. The van der Waals surface area contributed by atoms with Crippen molar-refractivity contribution in [3.05, 3.63) is 64.2 Å². The number of ketones is 2. The molecule has 1 N–H and O–H groups in total. The molecule has 1 aliphatic carbocycles. The molecule has 22 heavy (non-hydrogen) atoms. The van der Waals surface area contributed by atoms with Gasteiger partial charge in [-0.05, 0) is 19.1 Å². The monoisotopic (exact) mass is 296 g/mol. The molecular weight excluding hydrogens is 284 g/mol. The molecule has 0 heterocycles. The zero-order valence-electron chi connectivity index (χ0n) is 11.8. The van der Waals surface area contributed by atoms with E-state index >= 15 is 0 Å². The van der Waals surface area contributed by atoms with Gasteiger partial charge in [0.2, 0.25) is 0 Å². The molecule has 0 spiro atoms. The number of phenolic OH excluding ortho intramolecular Hbond substituents is 1. The standard InChI is InChI=1S/C17H12O5/c1-2-22-17(21)11-7-3-5-9-13(11)16(20)14-10(15(9)19)6-4-8-12(14)18/h3-8,18H,2H2,1H3. The van der Waals surface area contributed by atoms with Crippen LogP contribution in [-0.2, 0) is 4.74 Å². The molecule has 5 nitrogen and oxygen atoms in total. The van der Waals surface area contributed by atoms with E-state index in [1.807, 2.05) is 0 Å². The summed E-state index contributed by atoms with van der Waals surface area (Å²) in [6.07, 6.45) is 0. The maximum Gasteiger partial charge on any atom is 0.338 e. The van der Waals surface area contributed by atoms with E-state index < -0.39 is 17.5 Å². The van der Waals surface area contributed by atoms with E-state index in [0.717, 1.165) is 0 Å². The van der Waals surface area contributed by atoms with Crippen LogP contribution in [0.2, 0.25) is 0 Å². The minimum atomic E-state index is -0.667. The molecule has 0 atom stereocenters. The van der Waals surface area contributed by atoms with Gasteiger partial charge in [0.05, 0.1) is 17.7 Å². The Bertz CT molecular complexity index is 820. The molecule has 0 fully saturated rings. The Kier molecular flexibility index (Phi) is 3.25. The minimum Gasteiger partial charge on any atom is -0.507 e. The van der Waals surface area contributed by atoms with Gasteiger partial charge in [-0.25, -0.2) is 4.79 Å². The molecule has 0 radical (unpaired) electrons. The number of fused-ring (bicyclic) bond motifs is 2. The third-order valence-corrected chi connectivity index (χ3v) is 3.55. The summed E-state index contributed by atoms with van der Waals surface area (Å²) in [5.41, 5.74) is 0.232. The highest BCUT2D eigenvalue weighted by Crippen LogP contribution is 2.34. The fraction of sp³-hybridized carbons (Fsp3) is 0.118. The third-order valence-electron chi connectivity index (χ3n) is 3.55. The third kappa shape index (κ3) is 1.90. The highest BCUT2D eigenvalue weighted by atomic mass is 16.5. The molecule has 5 heteroatoms. The maximum absolute atomic E-state index is 12.7. The molecule has 0 unspecified atom stereocenters. The summed E-state index contributed by atoms with van der Waals surface area (Å²) in [7, 11) is 0. The summed E-state index contributed by atoms with van der Waals surface area (Å²) in [5, 5.41) is 9.91. The minimum absolute atomic E-state index is 0.0139. The summed E-state index contributed by atoms with van der Waals surface area (Å²) in [6.45, 7) is 1.81. The Hall–Kier alpha value is -2.95. The molecule has 3 rings (SSSR count). The van der Waals surface area contributed by atoms with Crippen LogP contribution in [0.5, 0.6) is 5.75 Å². The fourth-order valence-corrected chi connectivity index (χ4v) is 2.60. The molecule has 0 aromatic heterocycles. The Labute approximate surface area is 126 Å². The highest BCUT2D eigenvalue weighted by molar-refractivity contribution is 6.31. The second-order valence-corrected chi connectivity index (χ2v) is 4.81. The lowest BCUT2D eigenvalue weighted by atomic mass is 9.81. The summed E-state index contributed by atoms with van der Waals surface area (Å²) in [4.78, 5) is 37.2. The number of rotatable bonds is 2. The quantitative estimate of drug-likeness (QED) is 0.734. The van der Waals surface area contributed by atoms with E-state index in [1.54, 1.807) is 6.92 Å². The van der Waals surface area contributed by atoms with Gasteiger partial charge in [-0.1, -0.05) is 24.3 Å². The Morgan fingerprint density at radius 2 is 1.64 bits per heavy atom. The number of phenols is 1. The highest BCUT2D eigenvalue weighted by Gasteiger charge is 2.35. The lowest BCUT2D eigenvalue weighted by molar-refractivity contribution is 0.0523. The van der Waals surface area contributed by atoms with E-state index in [4.69, 9.17) is 4.74 Å². The number of hydrogen-bond donors (Lipinski definition) is 1. The summed E-state index contributed by atoms with van der Waals surface area (Å²) in [5.74, 6) is -1.89. The average Bonchev–Trinajstić information content (AvgIpc) is 2.52. The molecule has 2 aromatic carbocycles. The Morgan fingerprint density at radius 1 is 1.00 bits per heavy atom. The van der Waals surface area contributed by atoms with Crippen LogP contribution >= 0.6 is 0 Å². The fourth-order valence-electron chi connectivity index (χ4n) is 2.60. The number of benzene rings is 2. The van der Waals surface area contributed by atoms with Crippen LogP contribution in [0.4, 0.5) is 0 Å². The van der Waals surface area contributed by atoms with Gasteiger partial charge in [0.25, 0.3) is 0 Å². The maximum atomic E-state index is 12.7. The van der Waals surface area contributed by atoms with E-state index in [0.29, 0.717) is 0 Å². The van der Waals surface area contributed by atoms with Crippen molar-refractivity contribution >= 4 is 17.5 Å². The predicted molar refractivity (Wildman–Crippen MR) is 77.4 cm³/mol. The molecule has 110 valence electrons. The van der Waals surface area contributed by atoms with Gasteiger partial charge >= 0.3 is 5.97 Å². The van der Waals surface area contributed by atoms with Crippen LogP contribution < -0.4 is 0 Å². The number of aromatic hydroxyl groups is 1. The first kappa shape index (κ1) is 14.0. The van der Waals surface area contributed by atoms with E-state index in [-0.39, 0.29) is 40.2 Å². The smallest absolute Gasteiger partial charge is 0.338 e. The second kappa shape index (κ2) is 5.11. The van der Waals surface area contributed by atoms with Crippen molar-refractivity contribution in [1.29, 1.82) is 0 Å². The topological polar surface area (TPSA) is 80.7 Å². The van der Waals surface area contributed by atoms with Gasteiger partial charge in [-0.3, -0.25) is 9.59 Å². The summed E-state index contributed by atoms with van der Waals surface area (Å²) >= 11 is 0. The number of esters is 1. The van der Waals surface area contributed by atoms with Crippen LogP contribution in [0.1, 0.15) is 49.1 Å². The van der Waals surface area contributed by atoms with Crippen molar-refractivity contribution in [1.82, 2.24) is 0 Å². The lowest BCUT2D eigenvalue weighted by Gasteiger charge is -2.20. The van der Waals surface area contributed by atoms with Gasteiger partial charge in [0, 0.05) is 16.7 Å². The normalized spacial score (nSPS) is 12.6. The van der Waals surface area contributed by atoms with Gasteiger partial charge in [-0.2, -0.15) is 0 Å². The first-order chi connectivity index (χ1) is 10.6. The zero-order chi connectivity index (χ0) is 15.9. The van der Waals surface area contributed by atoms with E-state index in [2.05, 4.69) is 0 Å². The largest absolute Gasteiger partial charge is 0.507 e. The van der Waals surface area contributed by atoms with Crippen molar-refractivity contribution in [2.24, 2.45) is 0 Å². The van der Waals surface area contributed by atoms with Gasteiger partial charge in [0.1, 0.15) is 5.75 Å². The van der Waals surface area contributed by atoms with Crippen molar-refractivity contribution in [3.63, 3.8) is 0 Å². The predicted octanol–water partition coefficient (Wildman–Crippen LogP) is 2.34. The molecule has 0 bridgehead atoms. The van der Waals surface area contributed by atoms with Crippen molar-refractivity contribution < 1.29 is 24.2 Å². The SMILES string of the molecule is CCOC(=O)c1cccc2c1C(=O)c1c(O)cccc1C2=O. The molecule has 0 aliphatic heterocycles. The van der Waals surface area contributed by atoms with Crippen molar-refractivity contribution in [3.8, 4) is 5.75 Å². The molecular formula is C17H12O5. The summed E-state index contributed by atoms with van der Waals surface area (Å²) < 4.78 is 4.93. The second-order valence-electron chi connectivity index (χ2n) is 4.81. The van der Waals surface area contributed by atoms with Gasteiger partial charge < -0.3 is 9.84 Å². The molecule has 1 aliphatic rings.